The molecule has 0 bridgehead atoms. The molecule has 31 heavy (non-hydrogen) atoms. The Bertz CT molecular complexity index is 963. The first-order valence-electron chi connectivity index (χ1n) is 10.6. The Balaban J connectivity index is 1.15. The lowest BCUT2D eigenvalue weighted by molar-refractivity contribution is 0.120. The molecule has 162 valence electrons. The molecule has 1 N–H and O–H groups in total. The fraction of sp³-hybridized carbons (Fsp3) is 0.391. The molecule has 0 aromatic heterocycles. The zero-order valence-electron chi connectivity index (χ0n) is 17.2. The molecule has 5 rings (SSSR count). The number of nitrogens with one attached hydrogen (secondary N) is 1. The predicted molar refractivity (Wildman–Crippen MR) is 121 cm³/mol. The van der Waals surface area contributed by atoms with Crippen LogP contribution in [0.25, 0.3) is 0 Å². The van der Waals surface area contributed by atoms with Gasteiger partial charge in [0.1, 0.15) is 19.3 Å². The van der Waals surface area contributed by atoms with Crippen LogP contribution >= 0.6 is 12.2 Å². The van der Waals surface area contributed by atoms with E-state index in [1.54, 1.807) is 0 Å². The highest BCUT2D eigenvalue weighted by Crippen LogP contribution is 2.33. The minimum atomic E-state index is -0.218. The van der Waals surface area contributed by atoms with E-state index in [9.17, 15) is 4.79 Å². The van der Waals surface area contributed by atoms with Gasteiger partial charge in [-0.25, -0.2) is 4.79 Å². The molecule has 2 aromatic rings. The number of nitrogens with zero attached hydrogens (tertiary/aromatic N) is 2. The van der Waals surface area contributed by atoms with E-state index in [4.69, 9.17) is 26.4 Å². The van der Waals surface area contributed by atoms with Gasteiger partial charge >= 0.3 is 6.09 Å². The molecule has 1 unspecified atom stereocenters. The number of anilines is 1. The number of carbonyl (C=O) groups is 1. The second-order valence-corrected chi connectivity index (χ2v) is 8.33. The summed E-state index contributed by atoms with van der Waals surface area (Å²) in [6.07, 6.45) is 1.31. The number of rotatable bonds is 3. The van der Waals surface area contributed by atoms with Gasteiger partial charge in [-0.3, -0.25) is 0 Å². The van der Waals surface area contributed by atoms with Crippen molar-refractivity contribution in [3.8, 4) is 11.5 Å². The van der Waals surface area contributed by atoms with Crippen molar-refractivity contribution in [3.05, 3.63) is 54.1 Å². The molecule has 1 amide bonds. The highest BCUT2D eigenvalue weighted by Gasteiger charge is 2.38. The van der Waals surface area contributed by atoms with E-state index in [0.29, 0.717) is 24.9 Å². The summed E-state index contributed by atoms with van der Waals surface area (Å²) in [6, 6.07) is 15.9. The molecule has 2 saturated heterocycles. The van der Waals surface area contributed by atoms with Gasteiger partial charge in [0.05, 0.1) is 6.54 Å². The molecular weight excluding hydrogens is 414 g/mol. The highest BCUT2D eigenvalue weighted by molar-refractivity contribution is 7.80. The van der Waals surface area contributed by atoms with Crippen molar-refractivity contribution < 1.29 is 19.0 Å². The largest absolute Gasteiger partial charge is 0.486 e. The molecule has 8 heteroatoms. The van der Waals surface area contributed by atoms with Crippen LogP contribution in [0.5, 0.6) is 11.5 Å². The van der Waals surface area contributed by atoms with Crippen molar-refractivity contribution in [2.75, 3.05) is 38.2 Å². The van der Waals surface area contributed by atoms with Crippen LogP contribution in [0.3, 0.4) is 0 Å². The van der Waals surface area contributed by atoms with Crippen molar-refractivity contribution in [3.63, 3.8) is 0 Å². The molecular formula is C23H25N3O4S. The number of hydrogen-bond donors (Lipinski definition) is 1. The minimum absolute atomic E-state index is 0.176. The molecule has 3 aliphatic rings. The summed E-state index contributed by atoms with van der Waals surface area (Å²) in [5, 5.41) is 3.98. The maximum absolute atomic E-state index is 12.5. The zero-order chi connectivity index (χ0) is 21.2. The second kappa shape index (κ2) is 8.63. The van der Waals surface area contributed by atoms with Crippen molar-refractivity contribution in [1.82, 2.24) is 9.80 Å². The summed E-state index contributed by atoms with van der Waals surface area (Å²) in [4.78, 5) is 16.5. The number of cyclic esters (lactones) is 1. The molecule has 3 aliphatic heterocycles. The summed E-state index contributed by atoms with van der Waals surface area (Å²) < 4.78 is 16.8. The van der Waals surface area contributed by atoms with Crippen molar-refractivity contribution in [2.45, 2.75) is 25.0 Å². The molecule has 1 atom stereocenters. The zero-order valence-corrected chi connectivity index (χ0v) is 18.0. The minimum Gasteiger partial charge on any atom is -0.486 e. The predicted octanol–water partition coefficient (Wildman–Crippen LogP) is 3.81. The smallest absolute Gasteiger partial charge is 0.410 e. The lowest BCUT2D eigenvalue weighted by Gasteiger charge is -2.37. The number of benzene rings is 2. The number of carbonyl (C=O) groups excluding carboxylic acids is 1. The fourth-order valence-corrected chi connectivity index (χ4v) is 4.62. The van der Waals surface area contributed by atoms with Gasteiger partial charge < -0.3 is 29.3 Å². The third-order valence-electron chi connectivity index (χ3n) is 6.00. The summed E-state index contributed by atoms with van der Waals surface area (Å²) in [6.45, 7) is 3.32. The second-order valence-electron chi connectivity index (χ2n) is 7.94. The lowest BCUT2D eigenvalue weighted by atomic mass is 10.0. The van der Waals surface area contributed by atoms with Crippen LogP contribution in [0.2, 0.25) is 0 Å². The Morgan fingerprint density at radius 3 is 2.52 bits per heavy atom. The van der Waals surface area contributed by atoms with Crippen LogP contribution in [0.15, 0.2) is 48.5 Å². The molecule has 0 spiro atoms. The van der Waals surface area contributed by atoms with Gasteiger partial charge in [0.25, 0.3) is 0 Å². The third kappa shape index (κ3) is 4.25. The number of hydrogen-bond acceptors (Lipinski definition) is 5. The van der Waals surface area contributed by atoms with Crippen molar-refractivity contribution in [2.24, 2.45) is 0 Å². The SMILES string of the molecule is O=C1OC(c2ccccc2)CN1C1CCN(C(=S)Nc2ccc3c(c2)OCCO3)CC1. The number of thiocarbonyl (C=S) groups is 1. The van der Waals surface area contributed by atoms with Gasteiger partial charge in [0, 0.05) is 30.9 Å². The molecule has 0 radical (unpaired) electrons. The topological polar surface area (TPSA) is 63.3 Å². The van der Waals surface area contributed by atoms with E-state index in [0.717, 1.165) is 48.7 Å². The van der Waals surface area contributed by atoms with Crippen LogP contribution in [0.4, 0.5) is 10.5 Å². The fourth-order valence-electron chi connectivity index (χ4n) is 4.32. The lowest BCUT2D eigenvalue weighted by Crippen LogP contribution is -2.48. The number of ether oxygens (including phenoxy) is 3. The van der Waals surface area contributed by atoms with Crippen LogP contribution in [-0.4, -0.2) is 59.9 Å². The first-order valence-corrected chi connectivity index (χ1v) is 11.1. The maximum Gasteiger partial charge on any atom is 0.410 e. The average Bonchev–Trinajstić information content (AvgIpc) is 3.21. The Morgan fingerprint density at radius 1 is 1.00 bits per heavy atom. The van der Waals surface area contributed by atoms with E-state index >= 15 is 0 Å². The van der Waals surface area contributed by atoms with Gasteiger partial charge in [-0.05, 0) is 42.8 Å². The summed E-state index contributed by atoms with van der Waals surface area (Å²) in [7, 11) is 0. The van der Waals surface area contributed by atoms with Crippen LogP contribution in [0.1, 0.15) is 24.5 Å². The monoisotopic (exact) mass is 439 g/mol. The van der Waals surface area contributed by atoms with Gasteiger partial charge in [-0.15, -0.1) is 0 Å². The molecule has 2 aromatic carbocycles. The first-order chi connectivity index (χ1) is 15.2. The summed E-state index contributed by atoms with van der Waals surface area (Å²) in [5.41, 5.74) is 1.92. The maximum atomic E-state index is 12.5. The molecule has 2 fully saturated rings. The normalized spacial score (nSPS) is 21.0. The number of piperidine rings is 1. The Labute approximate surface area is 186 Å². The standard InChI is InChI=1S/C23H25N3O4S/c27-23-26(15-21(30-23)16-4-2-1-3-5-16)18-8-10-25(11-9-18)22(31)24-17-6-7-19-20(14-17)29-13-12-28-19/h1-7,14,18,21H,8-13,15H2,(H,24,31). The van der Waals surface area contributed by atoms with Crippen LogP contribution < -0.4 is 14.8 Å². The Hall–Kier alpha value is -3.00. The Morgan fingerprint density at radius 2 is 1.74 bits per heavy atom. The van der Waals surface area contributed by atoms with Crippen molar-refractivity contribution >= 4 is 29.1 Å². The quantitative estimate of drug-likeness (QED) is 0.730. The van der Waals surface area contributed by atoms with Gasteiger partial charge in [0.15, 0.2) is 16.6 Å². The molecule has 0 aliphatic carbocycles. The summed E-state index contributed by atoms with van der Waals surface area (Å²) >= 11 is 5.63. The average molecular weight is 440 g/mol. The van der Waals surface area contributed by atoms with E-state index in [1.807, 2.05) is 53.4 Å². The van der Waals surface area contributed by atoms with E-state index in [2.05, 4.69) is 10.2 Å². The number of likely N-dealkylation sites (tertiary alicyclic amines) is 1. The van der Waals surface area contributed by atoms with Gasteiger partial charge in [-0.2, -0.15) is 0 Å². The van der Waals surface area contributed by atoms with E-state index in [1.165, 1.54) is 0 Å². The number of amides is 1. The van der Waals surface area contributed by atoms with E-state index in [-0.39, 0.29) is 18.2 Å². The summed E-state index contributed by atoms with van der Waals surface area (Å²) in [5.74, 6) is 1.49. The number of fused-ring (bicyclic) bond motifs is 1. The first kappa shape index (κ1) is 19.9. The molecule has 7 nitrogen and oxygen atoms in total. The Kier molecular flexibility index (Phi) is 5.55. The van der Waals surface area contributed by atoms with Crippen LogP contribution in [-0.2, 0) is 4.74 Å². The van der Waals surface area contributed by atoms with Gasteiger partial charge in [0.2, 0.25) is 0 Å². The molecule has 3 heterocycles. The van der Waals surface area contributed by atoms with Gasteiger partial charge in [-0.1, -0.05) is 30.3 Å². The molecule has 0 saturated carbocycles. The highest BCUT2D eigenvalue weighted by atomic mass is 32.1. The van der Waals surface area contributed by atoms with Crippen LogP contribution in [0, 0.1) is 0 Å². The van der Waals surface area contributed by atoms with Crippen molar-refractivity contribution in [1.29, 1.82) is 0 Å². The van der Waals surface area contributed by atoms with E-state index < -0.39 is 0 Å². The third-order valence-corrected chi connectivity index (χ3v) is 6.36.